The Labute approximate surface area is 209 Å². The predicted octanol–water partition coefficient (Wildman–Crippen LogP) is 5.13. The van der Waals surface area contributed by atoms with Crippen LogP contribution in [0.2, 0.25) is 5.15 Å². The number of amides is 2. The molecule has 36 heavy (non-hydrogen) atoms. The van der Waals surface area contributed by atoms with Crippen molar-refractivity contribution in [2.24, 2.45) is 0 Å². The molecule has 1 saturated carbocycles. The first kappa shape index (κ1) is 25.3. The number of alkyl halides is 3. The maximum atomic E-state index is 13.4. The molecule has 2 aromatic carbocycles. The van der Waals surface area contributed by atoms with E-state index in [0.717, 1.165) is 6.07 Å². The summed E-state index contributed by atoms with van der Waals surface area (Å²) in [7, 11) is 1.28. The van der Waals surface area contributed by atoms with Crippen molar-refractivity contribution in [3.63, 3.8) is 0 Å². The van der Waals surface area contributed by atoms with Crippen molar-refractivity contribution in [1.82, 2.24) is 15.6 Å². The van der Waals surface area contributed by atoms with E-state index < -0.39 is 23.2 Å². The summed E-state index contributed by atoms with van der Waals surface area (Å²) in [4.78, 5) is 29.0. The van der Waals surface area contributed by atoms with Crippen LogP contribution in [-0.2, 0) is 17.5 Å². The second-order valence-corrected chi connectivity index (χ2v) is 8.58. The average molecular weight is 520 g/mol. The van der Waals surface area contributed by atoms with Crippen molar-refractivity contribution in [1.29, 1.82) is 0 Å². The molecule has 0 radical (unpaired) electrons. The Morgan fingerprint density at radius 3 is 2.36 bits per heavy atom. The first-order chi connectivity index (χ1) is 17.1. The lowest BCUT2D eigenvalue weighted by molar-refractivity contribution is -0.138. The number of hydrogen-bond acceptors (Lipinski definition) is 5. The van der Waals surface area contributed by atoms with Crippen LogP contribution in [0.25, 0.3) is 0 Å². The smallest absolute Gasteiger partial charge is 0.420 e. The van der Waals surface area contributed by atoms with Crippen molar-refractivity contribution in [3.8, 4) is 17.2 Å². The molecule has 0 aliphatic heterocycles. The second kappa shape index (κ2) is 10.1. The number of benzene rings is 2. The van der Waals surface area contributed by atoms with Gasteiger partial charge in [0.15, 0.2) is 0 Å². The van der Waals surface area contributed by atoms with Crippen molar-refractivity contribution < 1.29 is 32.2 Å². The van der Waals surface area contributed by atoms with Gasteiger partial charge >= 0.3 is 6.18 Å². The number of rotatable bonds is 8. The molecule has 3 aromatic rings. The maximum absolute atomic E-state index is 13.4. The molecule has 11 heteroatoms. The molecule has 0 unspecified atom stereocenters. The molecule has 0 saturated heterocycles. The summed E-state index contributed by atoms with van der Waals surface area (Å²) in [6.07, 6.45) is -2.21. The van der Waals surface area contributed by atoms with Gasteiger partial charge in [0.1, 0.15) is 33.5 Å². The number of carbonyl (C=O) groups excluding carboxylic acids is 2. The fraction of sp³-hybridized carbons (Fsp3) is 0.240. The molecule has 7 nitrogen and oxygen atoms in total. The standard InChI is InChI=1S/C25H21ClF3N3O4/c1-35-18-6-7-20(19(13-18)25(27,28)29)36-17-4-2-15(3-5-17)14-31-23(34)24(9-10-24)32-22(33)16-8-11-30-21(26)12-16/h2-8,11-13H,9-10,14H2,1H3,(H,31,34)(H,32,33). The lowest BCUT2D eigenvalue weighted by Crippen LogP contribution is -2.48. The largest absolute Gasteiger partial charge is 0.497 e. The van der Waals surface area contributed by atoms with Gasteiger partial charge in [-0.3, -0.25) is 9.59 Å². The summed E-state index contributed by atoms with van der Waals surface area (Å²) in [5.41, 5.74) is -0.943. The maximum Gasteiger partial charge on any atom is 0.420 e. The lowest BCUT2D eigenvalue weighted by atomic mass is 10.1. The molecular weight excluding hydrogens is 499 g/mol. The Hall–Kier alpha value is -3.79. The molecule has 1 heterocycles. The highest BCUT2D eigenvalue weighted by Crippen LogP contribution is 2.40. The SMILES string of the molecule is COc1ccc(Oc2ccc(CNC(=O)C3(NC(=O)c4ccnc(Cl)c4)CC3)cc2)c(C(F)(F)F)c1. The minimum absolute atomic E-state index is 0.0648. The Morgan fingerprint density at radius 2 is 1.75 bits per heavy atom. The van der Waals surface area contributed by atoms with Gasteiger partial charge in [0, 0.05) is 18.3 Å². The van der Waals surface area contributed by atoms with Gasteiger partial charge in [0.2, 0.25) is 5.91 Å². The molecule has 188 valence electrons. The normalized spacial score (nSPS) is 14.0. The quantitative estimate of drug-likeness (QED) is 0.403. The van der Waals surface area contributed by atoms with Crippen LogP contribution in [0, 0.1) is 0 Å². The van der Waals surface area contributed by atoms with Gasteiger partial charge in [0.25, 0.3) is 5.91 Å². The number of hydrogen-bond donors (Lipinski definition) is 2. The average Bonchev–Trinajstić information content (AvgIpc) is 3.63. The minimum Gasteiger partial charge on any atom is -0.497 e. The van der Waals surface area contributed by atoms with Crippen molar-refractivity contribution in [2.45, 2.75) is 31.1 Å². The zero-order valence-corrected chi connectivity index (χ0v) is 19.7. The first-order valence-electron chi connectivity index (χ1n) is 10.8. The Bertz CT molecular complexity index is 1280. The fourth-order valence-corrected chi connectivity index (χ4v) is 3.64. The van der Waals surface area contributed by atoms with Gasteiger partial charge in [-0.25, -0.2) is 4.98 Å². The third-order valence-corrected chi connectivity index (χ3v) is 5.83. The fourth-order valence-electron chi connectivity index (χ4n) is 3.47. The summed E-state index contributed by atoms with van der Waals surface area (Å²) in [6.45, 7) is 0.161. The molecule has 1 aliphatic carbocycles. The minimum atomic E-state index is -4.62. The molecule has 1 aliphatic rings. The van der Waals surface area contributed by atoms with Crippen molar-refractivity contribution in [3.05, 3.63) is 82.6 Å². The summed E-state index contributed by atoms with van der Waals surface area (Å²) in [6, 6.07) is 12.6. The predicted molar refractivity (Wildman–Crippen MR) is 125 cm³/mol. The van der Waals surface area contributed by atoms with E-state index in [0.29, 0.717) is 24.0 Å². The number of pyridine rings is 1. The number of aromatic nitrogens is 1. The molecular formula is C25H21ClF3N3O4. The number of nitrogens with one attached hydrogen (secondary N) is 2. The third kappa shape index (κ3) is 5.88. The molecule has 1 aromatic heterocycles. The molecule has 0 bridgehead atoms. The van der Waals surface area contributed by atoms with Crippen LogP contribution >= 0.6 is 11.6 Å². The highest BCUT2D eigenvalue weighted by molar-refractivity contribution is 6.29. The molecule has 2 N–H and O–H groups in total. The van der Waals surface area contributed by atoms with E-state index >= 15 is 0 Å². The van der Waals surface area contributed by atoms with Crippen molar-refractivity contribution in [2.75, 3.05) is 7.11 Å². The highest BCUT2D eigenvalue weighted by atomic mass is 35.5. The first-order valence-corrected chi connectivity index (χ1v) is 11.2. The Kier molecular flexibility index (Phi) is 7.07. The van der Waals surface area contributed by atoms with Crippen LogP contribution in [0.1, 0.15) is 34.3 Å². The van der Waals surface area contributed by atoms with Crippen LogP contribution in [0.5, 0.6) is 17.2 Å². The second-order valence-electron chi connectivity index (χ2n) is 8.19. The van der Waals surface area contributed by atoms with Gasteiger partial charge in [-0.1, -0.05) is 23.7 Å². The summed E-state index contributed by atoms with van der Waals surface area (Å²) in [5.74, 6) is -0.849. The van der Waals surface area contributed by atoms with Gasteiger partial charge in [-0.2, -0.15) is 13.2 Å². The Morgan fingerprint density at radius 1 is 1.06 bits per heavy atom. The Balaban J connectivity index is 1.36. The van der Waals surface area contributed by atoms with E-state index in [1.165, 1.54) is 49.7 Å². The third-order valence-electron chi connectivity index (χ3n) is 5.62. The molecule has 2 amide bonds. The van der Waals surface area contributed by atoms with Crippen LogP contribution in [0.4, 0.5) is 13.2 Å². The topological polar surface area (TPSA) is 89.5 Å². The molecule has 1 fully saturated rings. The number of nitrogens with zero attached hydrogens (tertiary/aromatic N) is 1. The van der Waals surface area contributed by atoms with Gasteiger partial charge in [-0.05, 0) is 60.9 Å². The molecule has 0 atom stereocenters. The van der Waals surface area contributed by atoms with Crippen LogP contribution in [0.3, 0.4) is 0 Å². The summed E-state index contributed by atoms with van der Waals surface area (Å²) in [5, 5.41) is 5.71. The van der Waals surface area contributed by atoms with E-state index in [4.69, 9.17) is 21.1 Å². The van der Waals surface area contributed by atoms with Crippen molar-refractivity contribution >= 4 is 23.4 Å². The van der Waals surface area contributed by atoms with Crippen LogP contribution in [-0.4, -0.2) is 29.4 Å². The summed E-state index contributed by atoms with van der Waals surface area (Å²) >= 11 is 5.82. The lowest BCUT2D eigenvalue weighted by Gasteiger charge is -2.18. The number of methoxy groups -OCH3 is 1. The number of carbonyl (C=O) groups is 2. The zero-order valence-electron chi connectivity index (χ0n) is 19.0. The van der Waals surface area contributed by atoms with Gasteiger partial charge < -0.3 is 20.1 Å². The van der Waals surface area contributed by atoms with Crippen LogP contribution in [0.15, 0.2) is 60.8 Å². The molecule has 0 spiro atoms. The number of ether oxygens (including phenoxy) is 2. The zero-order chi connectivity index (χ0) is 25.9. The monoisotopic (exact) mass is 519 g/mol. The van der Waals surface area contributed by atoms with Gasteiger partial charge in [0.05, 0.1) is 7.11 Å². The highest BCUT2D eigenvalue weighted by Gasteiger charge is 2.51. The molecule has 4 rings (SSSR count). The number of halogens is 4. The van der Waals surface area contributed by atoms with Gasteiger partial charge in [-0.15, -0.1) is 0 Å². The van der Waals surface area contributed by atoms with E-state index in [9.17, 15) is 22.8 Å². The summed E-state index contributed by atoms with van der Waals surface area (Å²) < 4.78 is 50.5. The van der Waals surface area contributed by atoms with E-state index in [-0.39, 0.29) is 34.9 Å². The van der Waals surface area contributed by atoms with Crippen LogP contribution < -0.4 is 20.1 Å². The van der Waals surface area contributed by atoms with E-state index in [1.54, 1.807) is 12.1 Å². The van der Waals surface area contributed by atoms with E-state index in [2.05, 4.69) is 15.6 Å². The van der Waals surface area contributed by atoms with E-state index in [1.807, 2.05) is 0 Å².